The van der Waals surface area contributed by atoms with E-state index in [2.05, 4.69) is 19.2 Å². The molecule has 156 valence electrons. The van der Waals surface area contributed by atoms with Gasteiger partial charge in [-0.3, -0.25) is 0 Å². The maximum atomic E-state index is 12.0. The van der Waals surface area contributed by atoms with Gasteiger partial charge in [0.1, 0.15) is 6.10 Å². The smallest absolute Gasteiger partial charge is 0.407 e. The van der Waals surface area contributed by atoms with E-state index in [9.17, 15) is 4.79 Å². The number of carbonyl (C=O) groups excluding carboxylic acids is 1. The summed E-state index contributed by atoms with van der Waals surface area (Å²) in [5.74, 6) is 0. The van der Waals surface area contributed by atoms with E-state index < -0.39 is 0 Å². The standard InChI is InChI=1S/C22H45NO3/c1-3-5-7-9-11-13-17-21(18-14-12-10-8-6-4-2)26-22(25)23-19-15-16-20-24/h21,24H,3-20H2,1-2H3,(H,23,25). The second kappa shape index (κ2) is 20.5. The topological polar surface area (TPSA) is 58.6 Å². The van der Waals surface area contributed by atoms with Crippen molar-refractivity contribution in [2.24, 2.45) is 0 Å². The zero-order valence-corrected chi connectivity index (χ0v) is 17.6. The van der Waals surface area contributed by atoms with Gasteiger partial charge in [-0.05, 0) is 38.5 Å². The number of alkyl carbamates (subject to hydrolysis) is 1. The van der Waals surface area contributed by atoms with Crippen LogP contribution >= 0.6 is 0 Å². The zero-order valence-electron chi connectivity index (χ0n) is 17.6. The van der Waals surface area contributed by atoms with Crippen LogP contribution in [0.4, 0.5) is 4.79 Å². The van der Waals surface area contributed by atoms with E-state index in [0.717, 1.165) is 38.5 Å². The Morgan fingerprint density at radius 3 is 1.77 bits per heavy atom. The summed E-state index contributed by atoms with van der Waals surface area (Å²) < 4.78 is 5.67. The van der Waals surface area contributed by atoms with Crippen LogP contribution in [0.25, 0.3) is 0 Å². The number of hydrogen-bond donors (Lipinski definition) is 2. The Hall–Kier alpha value is -0.770. The van der Waals surface area contributed by atoms with Crippen LogP contribution in [-0.2, 0) is 4.74 Å². The third-order valence-electron chi connectivity index (χ3n) is 4.89. The predicted octanol–water partition coefficient (Wildman–Crippen LogP) is 6.35. The predicted molar refractivity (Wildman–Crippen MR) is 111 cm³/mol. The Labute approximate surface area is 162 Å². The molecule has 0 fully saturated rings. The van der Waals surface area contributed by atoms with Crippen molar-refractivity contribution in [2.75, 3.05) is 13.2 Å². The maximum Gasteiger partial charge on any atom is 0.407 e. The number of ether oxygens (including phenoxy) is 1. The highest BCUT2D eigenvalue weighted by Crippen LogP contribution is 2.17. The lowest BCUT2D eigenvalue weighted by molar-refractivity contribution is 0.0839. The average Bonchev–Trinajstić information content (AvgIpc) is 2.64. The Morgan fingerprint density at radius 1 is 0.769 bits per heavy atom. The molecule has 0 aromatic carbocycles. The minimum atomic E-state index is -0.287. The van der Waals surface area contributed by atoms with Crippen LogP contribution in [0.1, 0.15) is 117 Å². The van der Waals surface area contributed by atoms with Gasteiger partial charge in [-0.15, -0.1) is 0 Å². The van der Waals surface area contributed by atoms with Crippen LogP contribution in [0.15, 0.2) is 0 Å². The van der Waals surface area contributed by atoms with E-state index in [4.69, 9.17) is 9.84 Å². The van der Waals surface area contributed by atoms with Crippen LogP contribution in [0, 0.1) is 0 Å². The molecule has 0 radical (unpaired) electrons. The highest BCUT2D eigenvalue weighted by atomic mass is 16.6. The summed E-state index contributed by atoms with van der Waals surface area (Å²) in [5, 5.41) is 11.6. The van der Waals surface area contributed by atoms with Crippen LogP contribution in [-0.4, -0.2) is 30.5 Å². The third-order valence-corrected chi connectivity index (χ3v) is 4.89. The van der Waals surface area contributed by atoms with Crippen molar-refractivity contribution in [3.8, 4) is 0 Å². The van der Waals surface area contributed by atoms with Crippen molar-refractivity contribution in [3.63, 3.8) is 0 Å². The molecule has 0 spiro atoms. The molecule has 0 heterocycles. The van der Waals surface area contributed by atoms with Gasteiger partial charge in [-0.2, -0.15) is 0 Å². The van der Waals surface area contributed by atoms with E-state index in [1.165, 1.54) is 64.2 Å². The number of hydrogen-bond acceptors (Lipinski definition) is 3. The van der Waals surface area contributed by atoms with E-state index in [-0.39, 0.29) is 18.8 Å². The summed E-state index contributed by atoms with van der Waals surface area (Å²) in [6, 6.07) is 0. The summed E-state index contributed by atoms with van der Waals surface area (Å²) >= 11 is 0. The minimum Gasteiger partial charge on any atom is -0.446 e. The summed E-state index contributed by atoms with van der Waals surface area (Å²) in [6.45, 7) is 5.24. The molecule has 0 atom stereocenters. The highest BCUT2D eigenvalue weighted by molar-refractivity contribution is 5.67. The number of rotatable bonds is 19. The first-order chi connectivity index (χ1) is 12.7. The van der Waals surface area contributed by atoms with Crippen molar-refractivity contribution in [1.29, 1.82) is 0 Å². The van der Waals surface area contributed by atoms with Crippen molar-refractivity contribution >= 4 is 6.09 Å². The molecule has 0 aliphatic rings. The van der Waals surface area contributed by atoms with E-state index in [1.807, 2.05) is 0 Å². The Morgan fingerprint density at radius 2 is 1.27 bits per heavy atom. The minimum absolute atomic E-state index is 0.0604. The molecule has 0 saturated heterocycles. The number of amides is 1. The van der Waals surface area contributed by atoms with Gasteiger partial charge in [0, 0.05) is 13.2 Å². The Bertz CT molecular complexity index is 281. The lowest BCUT2D eigenvalue weighted by atomic mass is 10.0. The molecule has 0 aromatic heterocycles. The first-order valence-electron chi connectivity index (χ1n) is 11.3. The molecule has 4 heteroatoms. The first kappa shape index (κ1) is 25.2. The van der Waals surface area contributed by atoms with Gasteiger partial charge in [0.2, 0.25) is 0 Å². The van der Waals surface area contributed by atoms with Crippen LogP contribution in [0.5, 0.6) is 0 Å². The van der Waals surface area contributed by atoms with Crippen molar-refractivity contribution in [2.45, 2.75) is 123 Å². The van der Waals surface area contributed by atoms with E-state index in [1.54, 1.807) is 0 Å². The quantitative estimate of drug-likeness (QED) is 0.260. The van der Waals surface area contributed by atoms with Crippen LogP contribution in [0.2, 0.25) is 0 Å². The molecule has 0 aliphatic carbocycles. The van der Waals surface area contributed by atoms with E-state index >= 15 is 0 Å². The van der Waals surface area contributed by atoms with Gasteiger partial charge in [-0.1, -0.05) is 78.1 Å². The SMILES string of the molecule is CCCCCCCCC(CCCCCCCC)OC(=O)NCCCCO. The summed E-state index contributed by atoms with van der Waals surface area (Å²) in [5.41, 5.74) is 0. The van der Waals surface area contributed by atoms with Gasteiger partial charge in [-0.25, -0.2) is 4.79 Å². The number of unbranched alkanes of at least 4 members (excludes halogenated alkanes) is 11. The zero-order chi connectivity index (χ0) is 19.3. The second-order valence-electron chi connectivity index (χ2n) is 7.50. The van der Waals surface area contributed by atoms with Crippen LogP contribution in [0.3, 0.4) is 0 Å². The van der Waals surface area contributed by atoms with Crippen molar-refractivity contribution < 1.29 is 14.6 Å². The fraction of sp³-hybridized carbons (Fsp3) is 0.955. The van der Waals surface area contributed by atoms with Crippen LogP contribution < -0.4 is 5.32 Å². The molecule has 26 heavy (non-hydrogen) atoms. The van der Waals surface area contributed by atoms with Gasteiger partial charge >= 0.3 is 6.09 Å². The molecule has 1 amide bonds. The summed E-state index contributed by atoms with van der Waals surface area (Å²) in [7, 11) is 0. The molecule has 2 N–H and O–H groups in total. The molecule has 4 nitrogen and oxygen atoms in total. The second-order valence-corrected chi connectivity index (χ2v) is 7.50. The Balaban J connectivity index is 3.99. The fourth-order valence-electron chi connectivity index (χ4n) is 3.19. The molecule has 0 aromatic rings. The maximum absolute atomic E-state index is 12.0. The van der Waals surface area contributed by atoms with Crippen molar-refractivity contribution in [3.05, 3.63) is 0 Å². The van der Waals surface area contributed by atoms with Gasteiger partial charge in [0.25, 0.3) is 0 Å². The largest absolute Gasteiger partial charge is 0.446 e. The average molecular weight is 372 g/mol. The first-order valence-corrected chi connectivity index (χ1v) is 11.3. The monoisotopic (exact) mass is 371 g/mol. The van der Waals surface area contributed by atoms with Crippen molar-refractivity contribution in [1.82, 2.24) is 5.32 Å². The van der Waals surface area contributed by atoms with Gasteiger partial charge in [0.15, 0.2) is 0 Å². The van der Waals surface area contributed by atoms with Gasteiger partial charge < -0.3 is 15.2 Å². The van der Waals surface area contributed by atoms with E-state index in [0.29, 0.717) is 6.54 Å². The number of aliphatic hydroxyl groups is 1. The number of aliphatic hydroxyl groups excluding tert-OH is 1. The Kier molecular flexibility index (Phi) is 19.9. The molecular formula is C22H45NO3. The number of nitrogens with one attached hydrogen (secondary N) is 1. The fourth-order valence-corrected chi connectivity index (χ4v) is 3.19. The molecule has 0 saturated carbocycles. The lowest BCUT2D eigenvalue weighted by Gasteiger charge is -2.18. The number of carbonyl (C=O) groups is 1. The summed E-state index contributed by atoms with van der Waals surface area (Å²) in [6.07, 6.45) is 18.5. The molecule has 0 rings (SSSR count). The lowest BCUT2D eigenvalue weighted by Crippen LogP contribution is -2.30. The molecule has 0 aliphatic heterocycles. The summed E-state index contributed by atoms with van der Waals surface area (Å²) in [4.78, 5) is 12.0. The molecular weight excluding hydrogens is 326 g/mol. The normalized spacial score (nSPS) is 11.1. The highest BCUT2D eigenvalue weighted by Gasteiger charge is 2.13. The van der Waals surface area contributed by atoms with Gasteiger partial charge in [0.05, 0.1) is 0 Å². The third kappa shape index (κ3) is 18.0. The molecule has 0 unspecified atom stereocenters. The molecule has 0 bridgehead atoms.